The van der Waals surface area contributed by atoms with E-state index in [-0.39, 0.29) is 11.8 Å². The zero-order valence-corrected chi connectivity index (χ0v) is 15.9. The van der Waals surface area contributed by atoms with Gasteiger partial charge in [0.2, 0.25) is 5.91 Å². The Labute approximate surface area is 164 Å². The number of benzene rings is 2. The lowest BCUT2D eigenvalue weighted by Gasteiger charge is -2.20. The number of amides is 1. The van der Waals surface area contributed by atoms with Gasteiger partial charge < -0.3 is 10.3 Å². The predicted molar refractivity (Wildman–Crippen MR) is 111 cm³/mol. The van der Waals surface area contributed by atoms with E-state index in [0.717, 1.165) is 39.9 Å². The molecule has 1 aliphatic carbocycles. The molecule has 0 radical (unpaired) electrons. The Kier molecular flexibility index (Phi) is 5.30. The quantitative estimate of drug-likeness (QED) is 0.552. The Morgan fingerprint density at radius 3 is 2.78 bits per heavy atom. The minimum absolute atomic E-state index is 0.00193. The molecule has 27 heavy (non-hydrogen) atoms. The van der Waals surface area contributed by atoms with Crippen molar-refractivity contribution in [2.24, 2.45) is 5.92 Å². The monoisotopic (exact) mass is 378 g/mol. The van der Waals surface area contributed by atoms with Crippen LogP contribution in [0.4, 0.5) is 0 Å². The smallest absolute Gasteiger partial charge is 0.220 e. The molecule has 1 aliphatic rings. The Morgan fingerprint density at radius 2 is 1.96 bits per heavy atom. The van der Waals surface area contributed by atoms with Crippen LogP contribution in [0.5, 0.6) is 0 Å². The summed E-state index contributed by atoms with van der Waals surface area (Å²) in [5, 5.41) is 5.03. The third-order valence-electron chi connectivity index (χ3n) is 5.34. The maximum absolute atomic E-state index is 12.5. The van der Waals surface area contributed by atoms with Crippen LogP contribution in [0.25, 0.3) is 10.9 Å². The fraction of sp³-hybridized carbons (Fsp3) is 0.261. The van der Waals surface area contributed by atoms with E-state index in [2.05, 4.69) is 34.6 Å². The number of halogens is 1. The van der Waals surface area contributed by atoms with Gasteiger partial charge in [0.1, 0.15) is 0 Å². The van der Waals surface area contributed by atoms with Crippen molar-refractivity contribution >= 4 is 28.4 Å². The molecule has 0 spiro atoms. The van der Waals surface area contributed by atoms with E-state index in [1.807, 2.05) is 42.6 Å². The lowest BCUT2D eigenvalue weighted by molar-refractivity contribution is -0.121. The van der Waals surface area contributed by atoms with Crippen LogP contribution in [0.15, 0.2) is 66.9 Å². The molecule has 0 aliphatic heterocycles. The van der Waals surface area contributed by atoms with Crippen molar-refractivity contribution in [3.05, 3.63) is 83.0 Å². The van der Waals surface area contributed by atoms with E-state index < -0.39 is 0 Å². The maximum atomic E-state index is 12.5. The minimum Gasteiger partial charge on any atom is -0.361 e. The van der Waals surface area contributed by atoms with Crippen LogP contribution >= 0.6 is 11.6 Å². The van der Waals surface area contributed by atoms with Crippen LogP contribution in [-0.4, -0.2) is 17.4 Å². The lowest BCUT2D eigenvalue weighted by Crippen LogP contribution is -2.30. The highest BCUT2D eigenvalue weighted by Crippen LogP contribution is 2.34. The number of nitrogens with one attached hydrogen (secondary N) is 2. The Bertz CT molecular complexity index is 975. The number of aromatic amines is 1. The topological polar surface area (TPSA) is 44.9 Å². The van der Waals surface area contributed by atoms with Crippen molar-refractivity contribution in [3.8, 4) is 0 Å². The molecular weight excluding hydrogens is 356 g/mol. The lowest BCUT2D eigenvalue weighted by atomic mass is 9.90. The molecule has 2 atom stereocenters. The molecule has 3 nitrogen and oxygen atoms in total. The highest BCUT2D eigenvalue weighted by atomic mass is 35.5. The summed E-state index contributed by atoms with van der Waals surface area (Å²) >= 11 is 6.51. The Morgan fingerprint density at radius 1 is 1.15 bits per heavy atom. The highest BCUT2D eigenvalue weighted by Gasteiger charge is 2.22. The number of rotatable bonds is 6. The zero-order valence-electron chi connectivity index (χ0n) is 15.1. The summed E-state index contributed by atoms with van der Waals surface area (Å²) < 4.78 is 0. The molecule has 1 amide bonds. The molecule has 0 fully saturated rings. The molecular formula is C23H23ClN2O. The van der Waals surface area contributed by atoms with Gasteiger partial charge in [0, 0.05) is 41.0 Å². The van der Waals surface area contributed by atoms with Crippen LogP contribution in [0.1, 0.15) is 36.3 Å². The normalized spacial score (nSPS) is 17.3. The second kappa shape index (κ2) is 8.01. The number of para-hydroxylation sites is 1. The Balaban J connectivity index is 1.60. The summed E-state index contributed by atoms with van der Waals surface area (Å²) in [4.78, 5) is 15.8. The molecule has 2 aromatic carbocycles. The molecule has 3 aromatic rings. The second-order valence-corrected chi connectivity index (χ2v) is 7.54. The van der Waals surface area contributed by atoms with Crippen LogP contribution in [-0.2, 0) is 4.79 Å². The molecule has 1 heterocycles. The molecule has 0 bridgehead atoms. The summed E-state index contributed by atoms with van der Waals surface area (Å²) in [5.41, 5.74) is 3.27. The van der Waals surface area contributed by atoms with E-state index in [1.165, 1.54) is 0 Å². The average molecular weight is 379 g/mol. The van der Waals surface area contributed by atoms with E-state index in [4.69, 9.17) is 11.6 Å². The highest BCUT2D eigenvalue weighted by molar-refractivity contribution is 6.31. The number of hydrogen-bond acceptors (Lipinski definition) is 1. The van der Waals surface area contributed by atoms with Gasteiger partial charge in [0.05, 0.1) is 0 Å². The largest absolute Gasteiger partial charge is 0.361 e. The summed E-state index contributed by atoms with van der Waals surface area (Å²) in [5.74, 6) is 0.471. The number of H-pyrrole nitrogens is 1. The van der Waals surface area contributed by atoms with E-state index in [0.29, 0.717) is 18.9 Å². The second-order valence-electron chi connectivity index (χ2n) is 7.14. The molecule has 2 N–H and O–H groups in total. The van der Waals surface area contributed by atoms with Gasteiger partial charge in [-0.1, -0.05) is 60.2 Å². The first-order valence-electron chi connectivity index (χ1n) is 9.46. The zero-order chi connectivity index (χ0) is 18.6. The van der Waals surface area contributed by atoms with Gasteiger partial charge in [-0.25, -0.2) is 0 Å². The number of hydrogen-bond donors (Lipinski definition) is 2. The molecule has 138 valence electrons. The van der Waals surface area contributed by atoms with Gasteiger partial charge in [-0.05, 0) is 42.0 Å². The van der Waals surface area contributed by atoms with Crippen LogP contribution in [0.2, 0.25) is 5.02 Å². The van der Waals surface area contributed by atoms with Crippen molar-refractivity contribution in [2.45, 2.75) is 25.2 Å². The fourth-order valence-electron chi connectivity index (χ4n) is 3.92. The number of carbonyl (C=O) groups is 1. The van der Waals surface area contributed by atoms with Crippen molar-refractivity contribution < 1.29 is 4.79 Å². The number of aromatic nitrogens is 1. The van der Waals surface area contributed by atoms with Crippen molar-refractivity contribution in [1.29, 1.82) is 0 Å². The maximum Gasteiger partial charge on any atom is 0.220 e. The van der Waals surface area contributed by atoms with Gasteiger partial charge in [0.25, 0.3) is 0 Å². The van der Waals surface area contributed by atoms with Gasteiger partial charge in [0.15, 0.2) is 0 Å². The van der Waals surface area contributed by atoms with E-state index >= 15 is 0 Å². The van der Waals surface area contributed by atoms with Gasteiger partial charge in [-0.3, -0.25) is 4.79 Å². The van der Waals surface area contributed by atoms with Crippen LogP contribution < -0.4 is 5.32 Å². The fourth-order valence-corrected chi connectivity index (χ4v) is 4.19. The van der Waals surface area contributed by atoms with Gasteiger partial charge in [-0.2, -0.15) is 0 Å². The van der Waals surface area contributed by atoms with Crippen molar-refractivity contribution in [1.82, 2.24) is 10.3 Å². The van der Waals surface area contributed by atoms with E-state index in [1.54, 1.807) is 0 Å². The third-order valence-corrected chi connectivity index (χ3v) is 5.68. The first kappa shape index (κ1) is 17.9. The standard InChI is InChI=1S/C23H23ClN2O/c24-21-11-5-3-9-17(21)19(15-26-23(27)13-16-7-1-2-8-16)20-14-25-22-12-6-4-10-18(20)22/h1,3-7,9-12,14,16,19,25H,2,8,13,15H2,(H,26,27)/t16-,19-/m1/s1. The molecule has 1 aromatic heterocycles. The van der Waals surface area contributed by atoms with Crippen molar-refractivity contribution in [3.63, 3.8) is 0 Å². The summed E-state index contributed by atoms with van der Waals surface area (Å²) in [7, 11) is 0. The molecule has 0 saturated heterocycles. The number of allylic oxidation sites excluding steroid dienone is 2. The number of fused-ring (bicyclic) bond motifs is 1. The summed E-state index contributed by atoms with van der Waals surface area (Å²) in [6, 6.07) is 16.1. The molecule has 4 rings (SSSR count). The number of carbonyl (C=O) groups excluding carboxylic acids is 1. The SMILES string of the molecule is O=C(C[C@@H]1C=CCC1)NC[C@H](c1ccccc1Cl)c1c[nH]c2ccccc12. The Hall–Kier alpha value is -2.52. The van der Waals surface area contributed by atoms with Crippen molar-refractivity contribution in [2.75, 3.05) is 6.54 Å². The third kappa shape index (κ3) is 3.93. The van der Waals surface area contributed by atoms with E-state index in [9.17, 15) is 4.79 Å². The van der Waals surface area contributed by atoms with Crippen LogP contribution in [0, 0.1) is 5.92 Å². The molecule has 0 saturated carbocycles. The average Bonchev–Trinajstić information content (AvgIpc) is 3.33. The first-order chi connectivity index (χ1) is 13.2. The predicted octanol–water partition coefficient (Wildman–Crippen LogP) is 5.43. The first-order valence-corrected chi connectivity index (χ1v) is 9.84. The summed E-state index contributed by atoms with van der Waals surface area (Å²) in [6.07, 6.45) is 9.06. The van der Waals surface area contributed by atoms with Gasteiger partial charge in [-0.15, -0.1) is 0 Å². The summed E-state index contributed by atoms with van der Waals surface area (Å²) in [6.45, 7) is 0.529. The molecule has 0 unspecified atom stereocenters. The van der Waals surface area contributed by atoms with Gasteiger partial charge >= 0.3 is 0 Å². The van der Waals surface area contributed by atoms with Crippen LogP contribution in [0.3, 0.4) is 0 Å². The molecule has 4 heteroatoms. The minimum atomic E-state index is -0.00193.